The molecule has 0 aliphatic carbocycles. The Hall–Kier alpha value is -1.88. The number of aromatic nitrogens is 2. The first-order valence-corrected chi connectivity index (χ1v) is 6.91. The molecule has 0 aliphatic rings. The zero-order chi connectivity index (χ0) is 14.7. The third-order valence-electron chi connectivity index (χ3n) is 3.20. The molecule has 0 saturated heterocycles. The molecule has 2 rings (SSSR count). The van der Waals surface area contributed by atoms with Gasteiger partial charge in [-0.15, -0.1) is 0 Å². The molecule has 6 heteroatoms. The normalized spacial score (nSPS) is 10.8. The van der Waals surface area contributed by atoms with Crippen LogP contribution >= 0.6 is 11.6 Å². The van der Waals surface area contributed by atoms with Crippen molar-refractivity contribution in [1.29, 1.82) is 0 Å². The van der Waals surface area contributed by atoms with Gasteiger partial charge in [0, 0.05) is 16.8 Å². The van der Waals surface area contributed by atoms with E-state index < -0.39 is 4.92 Å². The molecule has 2 aromatic rings. The average molecular weight is 294 g/mol. The Morgan fingerprint density at radius 2 is 2.05 bits per heavy atom. The van der Waals surface area contributed by atoms with Crippen LogP contribution in [0.5, 0.6) is 0 Å². The summed E-state index contributed by atoms with van der Waals surface area (Å²) in [6.45, 7) is 4.47. The van der Waals surface area contributed by atoms with E-state index in [1.807, 2.05) is 24.6 Å². The second-order valence-corrected chi connectivity index (χ2v) is 4.96. The van der Waals surface area contributed by atoms with E-state index in [1.165, 1.54) is 6.07 Å². The van der Waals surface area contributed by atoms with Gasteiger partial charge < -0.3 is 0 Å². The van der Waals surface area contributed by atoms with Gasteiger partial charge in [-0.05, 0) is 31.0 Å². The minimum Gasteiger partial charge on any atom is -0.265 e. The Morgan fingerprint density at radius 3 is 2.65 bits per heavy atom. The number of nitro benzene ring substituents is 1. The lowest BCUT2D eigenvalue weighted by Crippen LogP contribution is -2.08. The molecule has 0 saturated carbocycles. The van der Waals surface area contributed by atoms with E-state index in [9.17, 15) is 10.1 Å². The Bertz CT molecular complexity index is 637. The van der Waals surface area contributed by atoms with Crippen molar-refractivity contribution in [1.82, 2.24) is 9.78 Å². The number of nitro groups is 1. The summed E-state index contributed by atoms with van der Waals surface area (Å²) in [5.74, 6) is 0. The second-order valence-electron chi connectivity index (χ2n) is 4.52. The molecule has 5 nitrogen and oxygen atoms in total. The minimum atomic E-state index is -0.406. The van der Waals surface area contributed by atoms with Crippen LogP contribution in [-0.2, 0) is 19.4 Å². The van der Waals surface area contributed by atoms with Gasteiger partial charge in [-0.25, -0.2) is 0 Å². The van der Waals surface area contributed by atoms with Crippen LogP contribution in [0.2, 0.25) is 5.02 Å². The summed E-state index contributed by atoms with van der Waals surface area (Å²) in [6.07, 6.45) is 1.69. The first kappa shape index (κ1) is 14.5. The first-order chi connectivity index (χ1) is 9.55. The molecule has 1 heterocycles. The maximum absolute atomic E-state index is 11.1. The van der Waals surface area contributed by atoms with Gasteiger partial charge in [0.1, 0.15) is 0 Å². The Morgan fingerprint density at radius 1 is 1.30 bits per heavy atom. The van der Waals surface area contributed by atoms with E-state index in [-0.39, 0.29) is 5.69 Å². The summed E-state index contributed by atoms with van der Waals surface area (Å²) in [6, 6.07) is 6.78. The minimum absolute atomic E-state index is 0.0353. The molecule has 0 aliphatic heterocycles. The predicted octanol–water partition coefficient (Wildman–Crippen LogP) is 3.62. The van der Waals surface area contributed by atoms with Crippen molar-refractivity contribution in [2.24, 2.45) is 0 Å². The van der Waals surface area contributed by atoms with E-state index in [0.29, 0.717) is 17.1 Å². The molecule has 0 unspecified atom stereocenters. The topological polar surface area (TPSA) is 61.0 Å². The maximum Gasteiger partial charge on any atom is 0.275 e. The molecule has 106 valence electrons. The standard InChI is InChI=1S/C14H16ClN3O2/c1-3-12-8-13(4-2)17(16-12)9-10-5-6-11(15)7-14(10)18(19)20/h5-8H,3-4,9H2,1-2H3. The maximum atomic E-state index is 11.1. The molecule has 0 radical (unpaired) electrons. The zero-order valence-electron chi connectivity index (χ0n) is 11.5. The van der Waals surface area contributed by atoms with Crippen molar-refractivity contribution >= 4 is 17.3 Å². The SMILES string of the molecule is CCc1cc(CC)n(Cc2ccc(Cl)cc2[N+](=O)[O-])n1. The van der Waals surface area contributed by atoms with Crippen molar-refractivity contribution in [2.45, 2.75) is 33.2 Å². The fraction of sp³-hybridized carbons (Fsp3) is 0.357. The van der Waals surface area contributed by atoms with E-state index in [0.717, 1.165) is 24.2 Å². The first-order valence-electron chi connectivity index (χ1n) is 6.53. The molecule has 0 fully saturated rings. The van der Waals surface area contributed by atoms with Gasteiger partial charge in [-0.3, -0.25) is 14.8 Å². The Labute approximate surface area is 122 Å². The van der Waals surface area contributed by atoms with Gasteiger partial charge in [0.25, 0.3) is 5.69 Å². The van der Waals surface area contributed by atoms with Crippen molar-refractivity contribution in [3.05, 3.63) is 56.4 Å². The number of aryl methyl sites for hydroxylation is 2. The fourth-order valence-electron chi connectivity index (χ4n) is 2.11. The molecule has 0 spiro atoms. The Kier molecular flexibility index (Phi) is 4.39. The molecule has 20 heavy (non-hydrogen) atoms. The zero-order valence-corrected chi connectivity index (χ0v) is 12.2. The van der Waals surface area contributed by atoms with E-state index in [2.05, 4.69) is 5.10 Å². The number of rotatable bonds is 5. The lowest BCUT2D eigenvalue weighted by Gasteiger charge is -2.07. The number of halogens is 1. The highest BCUT2D eigenvalue weighted by Crippen LogP contribution is 2.24. The Balaban J connectivity index is 2.39. The highest BCUT2D eigenvalue weighted by molar-refractivity contribution is 6.30. The summed E-state index contributed by atoms with van der Waals surface area (Å²) in [7, 11) is 0. The van der Waals surface area contributed by atoms with Crippen LogP contribution in [0, 0.1) is 10.1 Å². The smallest absolute Gasteiger partial charge is 0.265 e. The van der Waals surface area contributed by atoms with Crippen LogP contribution < -0.4 is 0 Å². The van der Waals surface area contributed by atoms with E-state index in [4.69, 9.17) is 11.6 Å². The monoisotopic (exact) mass is 293 g/mol. The highest BCUT2D eigenvalue weighted by atomic mass is 35.5. The molecule has 1 aromatic heterocycles. The van der Waals surface area contributed by atoms with Gasteiger partial charge >= 0.3 is 0 Å². The van der Waals surface area contributed by atoms with Crippen molar-refractivity contribution < 1.29 is 4.92 Å². The van der Waals surface area contributed by atoms with Gasteiger partial charge in [-0.2, -0.15) is 5.10 Å². The van der Waals surface area contributed by atoms with Crippen LogP contribution in [0.4, 0.5) is 5.69 Å². The third kappa shape index (κ3) is 2.99. The molecule has 0 atom stereocenters. The van der Waals surface area contributed by atoms with Gasteiger partial charge in [0.05, 0.1) is 22.7 Å². The van der Waals surface area contributed by atoms with Crippen LogP contribution in [0.25, 0.3) is 0 Å². The van der Waals surface area contributed by atoms with Crippen molar-refractivity contribution in [2.75, 3.05) is 0 Å². The predicted molar refractivity (Wildman–Crippen MR) is 78.2 cm³/mol. The molecular weight excluding hydrogens is 278 g/mol. The summed E-state index contributed by atoms with van der Waals surface area (Å²) >= 11 is 5.82. The highest BCUT2D eigenvalue weighted by Gasteiger charge is 2.16. The van der Waals surface area contributed by atoms with Gasteiger partial charge in [0.15, 0.2) is 0 Å². The number of hydrogen-bond donors (Lipinski definition) is 0. The van der Waals surface area contributed by atoms with Crippen LogP contribution in [0.3, 0.4) is 0 Å². The summed E-state index contributed by atoms with van der Waals surface area (Å²) in [4.78, 5) is 10.7. The lowest BCUT2D eigenvalue weighted by molar-refractivity contribution is -0.385. The quantitative estimate of drug-likeness (QED) is 0.625. The number of hydrogen-bond acceptors (Lipinski definition) is 3. The van der Waals surface area contributed by atoms with E-state index >= 15 is 0 Å². The second kappa shape index (κ2) is 6.05. The molecule has 1 aromatic carbocycles. The molecule has 0 amide bonds. The van der Waals surface area contributed by atoms with Crippen molar-refractivity contribution in [3.8, 4) is 0 Å². The molecule has 0 N–H and O–H groups in total. The largest absolute Gasteiger partial charge is 0.275 e. The third-order valence-corrected chi connectivity index (χ3v) is 3.44. The number of nitrogens with zero attached hydrogens (tertiary/aromatic N) is 3. The fourth-order valence-corrected chi connectivity index (χ4v) is 2.28. The summed E-state index contributed by atoms with van der Waals surface area (Å²) < 4.78 is 1.83. The van der Waals surface area contributed by atoms with Gasteiger partial charge in [-0.1, -0.05) is 25.4 Å². The lowest BCUT2D eigenvalue weighted by atomic mass is 10.1. The van der Waals surface area contributed by atoms with Crippen LogP contribution in [-0.4, -0.2) is 14.7 Å². The average Bonchev–Trinajstić information content (AvgIpc) is 2.82. The summed E-state index contributed by atoms with van der Waals surface area (Å²) in [5.41, 5.74) is 2.72. The molecular formula is C14H16ClN3O2. The van der Waals surface area contributed by atoms with E-state index in [1.54, 1.807) is 12.1 Å². The van der Waals surface area contributed by atoms with Gasteiger partial charge in [0.2, 0.25) is 0 Å². The van der Waals surface area contributed by atoms with Crippen LogP contribution in [0.15, 0.2) is 24.3 Å². The summed E-state index contributed by atoms with van der Waals surface area (Å²) in [5, 5.41) is 15.9. The van der Waals surface area contributed by atoms with Crippen molar-refractivity contribution in [3.63, 3.8) is 0 Å². The number of benzene rings is 1. The van der Waals surface area contributed by atoms with Crippen LogP contribution in [0.1, 0.15) is 30.8 Å². The molecule has 0 bridgehead atoms.